The maximum Gasteiger partial charge on any atom is 0.235 e. The van der Waals surface area contributed by atoms with E-state index in [0.29, 0.717) is 5.95 Å². The van der Waals surface area contributed by atoms with Gasteiger partial charge in [0.25, 0.3) is 0 Å². The summed E-state index contributed by atoms with van der Waals surface area (Å²) in [5.74, 6) is 0.631. The van der Waals surface area contributed by atoms with Gasteiger partial charge in [-0.05, 0) is 36.4 Å². The molecule has 210 valence electrons. The molecule has 10 rings (SSSR count). The summed E-state index contributed by atoms with van der Waals surface area (Å²) in [6.07, 6.45) is 0. The molecular formula is C40H24N4O. The number of hydrogen-bond donors (Lipinski definition) is 0. The predicted octanol–water partition coefficient (Wildman–Crippen LogP) is 10.6. The standard InChI is InChI=1S/C40H24N4O/c1-3-12-25(13-4-1)31-23-32(26-14-5-2-6-15-26)42-40(41-31)44-34-19-9-8-18-33(34)43-36-24-38-30(27-16-7-10-21-37(27)45-38)22-29(36)28-17-11-20-35(44)39(28)43/h1-24H. The highest BCUT2D eigenvalue weighted by atomic mass is 16.3. The van der Waals surface area contributed by atoms with E-state index in [9.17, 15) is 0 Å². The fourth-order valence-electron chi connectivity index (χ4n) is 6.93. The Morgan fingerprint density at radius 1 is 0.444 bits per heavy atom. The van der Waals surface area contributed by atoms with Crippen LogP contribution in [0.1, 0.15) is 0 Å². The Bertz CT molecular complexity index is 2540. The second-order valence-electron chi connectivity index (χ2n) is 11.5. The summed E-state index contributed by atoms with van der Waals surface area (Å²) in [6, 6.07) is 50.5. The van der Waals surface area contributed by atoms with Crippen molar-refractivity contribution in [3.63, 3.8) is 0 Å². The minimum atomic E-state index is 0.631. The first-order valence-corrected chi connectivity index (χ1v) is 15.1. The zero-order chi connectivity index (χ0) is 29.5. The maximum atomic E-state index is 6.35. The van der Waals surface area contributed by atoms with Gasteiger partial charge in [0.05, 0.1) is 39.5 Å². The van der Waals surface area contributed by atoms with Gasteiger partial charge in [0.2, 0.25) is 5.95 Å². The number of benzene rings is 6. The summed E-state index contributed by atoms with van der Waals surface area (Å²) in [5.41, 5.74) is 11.0. The number of rotatable bonds is 3. The lowest BCUT2D eigenvalue weighted by Gasteiger charge is -2.31. The Balaban J connectivity index is 1.29. The van der Waals surface area contributed by atoms with E-state index in [1.807, 2.05) is 48.5 Å². The van der Waals surface area contributed by atoms with E-state index in [-0.39, 0.29) is 0 Å². The van der Waals surface area contributed by atoms with Crippen molar-refractivity contribution in [2.45, 2.75) is 0 Å². The quantitative estimate of drug-likeness (QED) is 0.210. The van der Waals surface area contributed by atoms with Crippen molar-refractivity contribution in [2.75, 3.05) is 4.90 Å². The van der Waals surface area contributed by atoms with Gasteiger partial charge in [-0.1, -0.05) is 103 Å². The smallest absolute Gasteiger partial charge is 0.235 e. The van der Waals surface area contributed by atoms with Gasteiger partial charge >= 0.3 is 0 Å². The summed E-state index contributed by atoms with van der Waals surface area (Å²) in [6.45, 7) is 0. The van der Waals surface area contributed by atoms with Crippen LogP contribution in [0.2, 0.25) is 0 Å². The third-order valence-electron chi connectivity index (χ3n) is 8.92. The molecule has 0 unspecified atom stereocenters. The number of hydrogen-bond acceptors (Lipinski definition) is 4. The molecule has 0 bridgehead atoms. The molecule has 4 heterocycles. The van der Waals surface area contributed by atoms with Crippen molar-refractivity contribution < 1.29 is 4.42 Å². The number of aromatic nitrogens is 3. The Hall–Kier alpha value is -6.20. The lowest BCUT2D eigenvalue weighted by Crippen LogP contribution is -2.20. The molecular weight excluding hydrogens is 552 g/mol. The summed E-state index contributed by atoms with van der Waals surface area (Å²) in [5, 5.41) is 4.62. The zero-order valence-electron chi connectivity index (χ0n) is 24.1. The van der Waals surface area contributed by atoms with Crippen LogP contribution in [0, 0.1) is 0 Å². The number of anilines is 3. The van der Waals surface area contributed by atoms with Crippen molar-refractivity contribution in [2.24, 2.45) is 0 Å². The first-order chi connectivity index (χ1) is 22.3. The van der Waals surface area contributed by atoms with Crippen LogP contribution >= 0.6 is 0 Å². The van der Waals surface area contributed by atoms with Crippen LogP contribution in [0.5, 0.6) is 0 Å². The fourth-order valence-corrected chi connectivity index (χ4v) is 6.93. The van der Waals surface area contributed by atoms with Crippen LogP contribution < -0.4 is 4.90 Å². The molecule has 0 amide bonds. The van der Waals surface area contributed by atoms with Crippen LogP contribution in [0.3, 0.4) is 0 Å². The molecule has 0 atom stereocenters. The molecule has 0 radical (unpaired) electrons. The molecule has 45 heavy (non-hydrogen) atoms. The third kappa shape index (κ3) is 3.49. The Kier molecular flexibility index (Phi) is 4.93. The van der Waals surface area contributed by atoms with E-state index in [0.717, 1.165) is 72.5 Å². The van der Waals surface area contributed by atoms with E-state index in [1.165, 1.54) is 10.8 Å². The summed E-state index contributed by atoms with van der Waals surface area (Å²) >= 11 is 0. The molecule has 1 aliphatic heterocycles. The average molecular weight is 577 g/mol. The van der Waals surface area contributed by atoms with Gasteiger partial charge in [0.15, 0.2) is 0 Å². The number of furan rings is 1. The van der Waals surface area contributed by atoms with Gasteiger partial charge in [-0.25, -0.2) is 9.97 Å². The van der Waals surface area contributed by atoms with Gasteiger partial charge in [-0.15, -0.1) is 0 Å². The highest BCUT2D eigenvalue weighted by Crippen LogP contribution is 2.50. The molecule has 5 heteroatoms. The Morgan fingerprint density at radius 3 is 1.82 bits per heavy atom. The molecule has 0 saturated carbocycles. The monoisotopic (exact) mass is 576 g/mol. The van der Waals surface area contributed by atoms with Gasteiger partial charge < -0.3 is 8.98 Å². The zero-order valence-corrected chi connectivity index (χ0v) is 24.1. The van der Waals surface area contributed by atoms with Crippen molar-refractivity contribution >= 4 is 61.1 Å². The Labute approximate surface area is 258 Å². The molecule has 6 aromatic carbocycles. The number of para-hydroxylation sites is 4. The van der Waals surface area contributed by atoms with E-state index < -0.39 is 0 Å². The third-order valence-corrected chi connectivity index (χ3v) is 8.92. The minimum Gasteiger partial charge on any atom is -0.456 e. The molecule has 0 spiro atoms. The molecule has 0 N–H and O–H groups in total. The van der Waals surface area contributed by atoms with E-state index in [4.69, 9.17) is 14.4 Å². The van der Waals surface area contributed by atoms with Crippen LogP contribution in [0.25, 0.3) is 71.9 Å². The summed E-state index contributed by atoms with van der Waals surface area (Å²) in [4.78, 5) is 12.7. The topological polar surface area (TPSA) is 47.1 Å². The van der Waals surface area contributed by atoms with Crippen LogP contribution in [-0.4, -0.2) is 14.5 Å². The fraction of sp³-hybridized carbons (Fsp3) is 0. The van der Waals surface area contributed by atoms with E-state index >= 15 is 0 Å². The first kappa shape index (κ1) is 24.3. The molecule has 9 aromatic rings. The second-order valence-corrected chi connectivity index (χ2v) is 11.5. The van der Waals surface area contributed by atoms with Gasteiger partial charge in [-0.2, -0.15) is 0 Å². The number of fused-ring (bicyclic) bond motifs is 8. The van der Waals surface area contributed by atoms with E-state index in [1.54, 1.807) is 0 Å². The molecule has 0 aliphatic carbocycles. The van der Waals surface area contributed by atoms with Crippen molar-refractivity contribution in [1.29, 1.82) is 0 Å². The maximum absolute atomic E-state index is 6.35. The molecule has 0 saturated heterocycles. The van der Waals surface area contributed by atoms with E-state index in [2.05, 4.69) is 107 Å². The van der Waals surface area contributed by atoms with Gasteiger partial charge in [0.1, 0.15) is 11.2 Å². The lowest BCUT2D eigenvalue weighted by molar-refractivity contribution is 0.669. The average Bonchev–Trinajstić information content (AvgIpc) is 3.64. The summed E-state index contributed by atoms with van der Waals surface area (Å²) in [7, 11) is 0. The van der Waals surface area contributed by atoms with Crippen LogP contribution in [0.15, 0.2) is 150 Å². The normalized spacial score (nSPS) is 12.4. The van der Waals surface area contributed by atoms with Crippen LogP contribution in [0.4, 0.5) is 17.3 Å². The summed E-state index contributed by atoms with van der Waals surface area (Å²) < 4.78 is 8.72. The van der Waals surface area contributed by atoms with Crippen molar-refractivity contribution in [1.82, 2.24) is 14.5 Å². The predicted molar refractivity (Wildman–Crippen MR) is 183 cm³/mol. The molecule has 1 aliphatic rings. The number of nitrogens with zero attached hydrogens (tertiary/aromatic N) is 4. The highest BCUT2D eigenvalue weighted by molar-refractivity contribution is 6.21. The van der Waals surface area contributed by atoms with Gasteiger partial charge in [-0.3, -0.25) is 4.90 Å². The van der Waals surface area contributed by atoms with Gasteiger partial charge in [0, 0.05) is 38.7 Å². The molecule has 0 fully saturated rings. The first-order valence-electron chi connectivity index (χ1n) is 15.1. The highest BCUT2D eigenvalue weighted by Gasteiger charge is 2.30. The molecule has 3 aromatic heterocycles. The molecule has 5 nitrogen and oxygen atoms in total. The Morgan fingerprint density at radius 2 is 1.07 bits per heavy atom. The van der Waals surface area contributed by atoms with Crippen molar-refractivity contribution in [3.05, 3.63) is 146 Å². The SMILES string of the molecule is c1ccc(-c2cc(-c3ccccc3)nc(N3c4ccccc4-n4c5cc6oc7ccccc7c6cc5c5cccc3c54)n2)cc1. The van der Waals surface area contributed by atoms with Crippen molar-refractivity contribution in [3.8, 4) is 28.2 Å². The van der Waals surface area contributed by atoms with Crippen LogP contribution in [-0.2, 0) is 0 Å². The lowest BCUT2D eigenvalue weighted by atomic mass is 10.1. The minimum absolute atomic E-state index is 0.631. The largest absolute Gasteiger partial charge is 0.456 e. The second kappa shape index (κ2) is 9.15.